The van der Waals surface area contributed by atoms with Gasteiger partial charge in [0.2, 0.25) is 0 Å². The smallest absolute Gasteiger partial charge is 0.253 e. The molecule has 0 aromatic heterocycles. The summed E-state index contributed by atoms with van der Waals surface area (Å²) >= 11 is 0. The minimum absolute atomic E-state index is 0.0654. The van der Waals surface area contributed by atoms with Crippen LogP contribution >= 0.6 is 0 Å². The Balaban J connectivity index is 1.72. The number of ether oxygens (including phenoxy) is 2. The van der Waals surface area contributed by atoms with Crippen molar-refractivity contribution in [3.8, 4) is 11.5 Å². The number of benzene rings is 2. The highest BCUT2D eigenvalue weighted by Gasteiger charge is 2.29. The molecule has 1 saturated heterocycles. The van der Waals surface area contributed by atoms with E-state index in [0.717, 1.165) is 42.3 Å². The summed E-state index contributed by atoms with van der Waals surface area (Å²) in [6, 6.07) is 15.5. The summed E-state index contributed by atoms with van der Waals surface area (Å²) in [6.45, 7) is 1.69. The highest BCUT2D eigenvalue weighted by Crippen LogP contribution is 2.31. The van der Waals surface area contributed by atoms with Gasteiger partial charge in [0.15, 0.2) is 0 Å². The van der Waals surface area contributed by atoms with Crippen LogP contribution in [0.2, 0.25) is 0 Å². The second kappa shape index (κ2) is 7.47. The van der Waals surface area contributed by atoms with Crippen LogP contribution in [0.5, 0.6) is 11.5 Å². The molecule has 1 fully saturated rings. The highest BCUT2D eigenvalue weighted by atomic mass is 16.5. The Hall–Kier alpha value is -2.69. The first-order chi connectivity index (χ1) is 12.1. The van der Waals surface area contributed by atoms with Crippen molar-refractivity contribution >= 4 is 11.6 Å². The van der Waals surface area contributed by atoms with E-state index < -0.39 is 0 Å². The van der Waals surface area contributed by atoms with E-state index in [4.69, 9.17) is 9.47 Å². The minimum atomic E-state index is 0.0654. The van der Waals surface area contributed by atoms with E-state index in [1.807, 2.05) is 60.5 Å². The first kappa shape index (κ1) is 17.1. The lowest BCUT2D eigenvalue weighted by atomic mass is 10.1. The summed E-state index contributed by atoms with van der Waals surface area (Å²) in [5.74, 6) is 1.61. The lowest BCUT2D eigenvalue weighted by molar-refractivity contribution is 0.0745. The fraction of sp³-hybridized carbons (Fsp3) is 0.350. The summed E-state index contributed by atoms with van der Waals surface area (Å²) in [7, 11) is 5.19. The van der Waals surface area contributed by atoms with E-state index in [1.165, 1.54) is 0 Å². The van der Waals surface area contributed by atoms with Crippen molar-refractivity contribution in [1.82, 2.24) is 4.90 Å². The average Bonchev–Trinajstić information content (AvgIpc) is 3.17. The third-order valence-corrected chi connectivity index (χ3v) is 4.75. The average molecular weight is 340 g/mol. The van der Waals surface area contributed by atoms with Crippen molar-refractivity contribution in [3.05, 3.63) is 54.1 Å². The minimum Gasteiger partial charge on any atom is -0.497 e. The molecule has 5 nitrogen and oxygen atoms in total. The fourth-order valence-electron chi connectivity index (χ4n) is 3.22. The second-order valence-electron chi connectivity index (χ2n) is 6.24. The van der Waals surface area contributed by atoms with E-state index in [1.54, 1.807) is 14.2 Å². The van der Waals surface area contributed by atoms with Gasteiger partial charge in [-0.25, -0.2) is 0 Å². The fourth-order valence-corrected chi connectivity index (χ4v) is 3.22. The van der Waals surface area contributed by atoms with Crippen LogP contribution in [0.15, 0.2) is 48.5 Å². The molecule has 0 saturated carbocycles. The Morgan fingerprint density at radius 3 is 2.32 bits per heavy atom. The topological polar surface area (TPSA) is 42.0 Å². The van der Waals surface area contributed by atoms with E-state index in [-0.39, 0.29) is 11.9 Å². The number of carbonyl (C=O) groups excluding carboxylic acids is 1. The zero-order chi connectivity index (χ0) is 17.8. The number of rotatable bonds is 5. The molecule has 1 aliphatic heterocycles. The van der Waals surface area contributed by atoms with Crippen LogP contribution in [-0.4, -0.2) is 51.2 Å². The van der Waals surface area contributed by atoms with Gasteiger partial charge >= 0.3 is 0 Å². The van der Waals surface area contributed by atoms with Gasteiger partial charge in [-0.1, -0.05) is 18.2 Å². The van der Waals surface area contributed by atoms with Crippen molar-refractivity contribution < 1.29 is 14.3 Å². The predicted octanol–water partition coefficient (Wildman–Crippen LogP) is 3.05. The van der Waals surface area contributed by atoms with Gasteiger partial charge in [0, 0.05) is 49.6 Å². The van der Waals surface area contributed by atoms with Crippen molar-refractivity contribution in [3.63, 3.8) is 0 Å². The van der Waals surface area contributed by atoms with Crippen LogP contribution in [0.4, 0.5) is 5.69 Å². The van der Waals surface area contributed by atoms with E-state index >= 15 is 0 Å². The molecule has 0 radical (unpaired) electrons. The molecule has 0 bridgehead atoms. The molecule has 0 N–H and O–H groups in total. The zero-order valence-electron chi connectivity index (χ0n) is 14.9. The number of carbonyl (C=O) groups is 1. The molecule has 1 heterocycles. The number of hydrogen-bond acceptors (Lipinski definition) is 4. The molecular weight excluding hydrogens is 316 g/mol. The number of methoxy groups -OCH3 is 2. The van der Waals surface area contributed by atoms with Gasteiger partial charge < -0.3 is 19.3 Å². The van der Waals surface area contributed by atoms with Gasteiger partial charge in [0.25, 0.3) is 5.91 Å². The number of hydrogen-bond donors (Lipinski definition) is 0. The zero-order valence-corrected chi connectivity index (χ0v) is 14.9. The van der Waals surface area contributed by atoms with Gasteiger partial charge in [0.05, 0.1) is 20.3 Å². The summed E-state index contributed by atoms with van der Waals surface area (Å²) in [5, 5.41) is 0. The quantitative estimate of drug-likeness (QED) is 0.839. The molecular formula is C20H24N2O3. The maximum atomic E-state index is 12.6. The molecule has 1 atom stereocenters. The largest absolute Gasteiger partial charge is 0.497 e. The van der Waals surface area contributed by atoms with Gasteiger partial charge in [-0.15, -0.1) is 0 Å². The van der Waals surface area contributed by atoms with Gasteiger partial charge in [0.1, 0.15) is 11.5 Å². The van der Waals surface area contributed by atoms with Crippen molar-refractivity contribution in [1.29, 1.82) is 0 Å². The first-order valence-electron chi connectivity index (χ1n) is 8.42. The second-order valence-corrected chi connectivity index (χ2v) is 6.24. The maximum Gasteiger partial charge on any atom is 0.253 e. The molecule has 1 amide bonds. The molecule has 0 spiro atoms. The van der Waals surface area contributed by atoms with Crippen molar-refractivity contribution in [2.45, 2.75) is 12.5 Å². The summed E-state index contributed by atoms with van der Waals surface area (Å²) in [5.41, 5.74) is 1.78. The Bertz CT molecular complexity index is 711. The Morgan fingerprint density at radius 1 is 1.08 bits per heavy atom. The van der Waals surface area contributed by atoms with Gasteiger partial charge in [-0.3, -0.25) is 4.79 Å². The molecule has 1 aliphatic rings. The van der Waals surface area contributed by atoms with Crippen LogP contribution in [0, 0.1) is 0 Å². The maximum absolute atomic E-state index is 12.6. The summed E-state index contributed by atoms with van der Waals surface area (Å²) < 4.78 is 10.7. The van der Waals surface area contributed by atoms with E-state index in [0.29, 0.717) is 0 Å². The molecule has 3 rings (SSSR count). The van der Waals surface area contributed by atoms with E-state index in [2.05, 4.69) is 4.90 Å². The molecule has 2 aromatic rings. The summed E-state index contributed by atoms with van der Waals surface area (Å²) in [6.07, 6.45) is 0.939. The Labute approximate surface area is 148 Å². The standard InChI is InChI=1S/C20H24N2O3/c1-21(20(23)15-7-5-4-6-8-15)16-9-10-22(14-16)17-11-18(24-2)13-19(12-17)25-3/h4-8,11-13,16H,9-10,14H2,1-3H3/t16-/m0/s1. The van der Waals surface area contributed by atoms with Crippen LogP contribution in [-0.2, 0) is 0 Å². The number of anilines is 1. The Kier molecular flexibility index (Phi) is 5.12. The van der Waals surface area contributed by atoms with Crippen molar-refractivity contribution in [2.24, 2.45) is 0 Å². The first-order valence-corrected chi connectivity index (χ1v) is 8.42. The predicted molar refractivity (Wildman–Crippen MR) is 98.7 cm³/mol. The molecule has 132 valence electrons. The molecule has 0 aliphatic carbocycles. The van der Waals surface area contributed by atoms with Crippen LogP contribution in [0.3, 0.4) is 0 Å². The highest BCUT2D eigenvalue weighted by molar-refractivity contribution is 5.94. The normalized spacial score (nSPS) is 16.6. The lowest BCUT2D eigenvalue weighted by Gasteiger charge is -2.26. The summed E-state index contributed by atoms with van der Waals surface area (Å²) in [4.78, 5) is 16.8. The Morgan fingerprint density at radius 2 is 1.72 bits per heavy atom. The van der Waals surface area contributed by atoms with Crippen LogP contribution in [0.1, 0.15) is 16.8 Å². The van der Waals surface area contributed by atoms with E-state index in [9.17, 15) is 4.79 Å². The van der Waals surface area contributed by atoms with Gasteiger partial charge in [-0.2, -0.15) is 0 Å². The molecule has 2 aromatic carbocycles. The molecule has 0 unspecified atom stereocenters. The number of nitrogens with zero attached hydrogens (tertiary/aromatic N) is 2. The van der Waals surface area contributed by atoms with Crippen molar-refractivity contribution in [2.75, 3.05) is 39.3 Å². The monoisotopic (exact) mass is 340 g/mol. The molecule has 5 heteroatoms. The van der Waals surface area contributed by atoms with Crippen LogP contribution in [0.25, 0.3) is 0 Å². The van der Waals surface area contributed by atoms with Crippen LogP contribution < -0.4 is 14.4 Å². The third-order valence-electron chi connectivity index (χ3n) is 4.75. The SMILES string of the molecule is COc1cc(OC)cc(N2CC[C@H](N(C)C(=O)c3ccccc3)C2)c1. The van der Waals surface area contributed by atoms with Gasteiger partial charge in [-0.05, 0) is 18.6 Å². The number of amides is 1. The number of likely N-dealkylation sites (N-methyl/N-ethyl adjacent to an activating group) is 1. The lowest BCUT2D eigenvalue weighted by Crippen LogP contribution is -2.39. The molecule has 25 heavy (non-hydrogen) atoms. The third kappa shape index (κ3) is 3.71.